The van der Waals surface area contributed by atoms with Gasteiger partial charge in [0.2, 0.25) is 0 Å². The Balaban J connectivity index is 1.50. The van der Waals surface area contributed by atoms with Crippen molar-refractivity contribution in [3.63, 3.8) is 0 Å². The number of piperidine rings is 1. The summed E-state index contributed by atoms with van der Waals surface area (Å²) in [5, 5.41) is 0. The Bertz CT molecular complexity index is 676. The molecule has 2 aromatic carbocycles. The van der Waals surface area contributed by atoms with Crippen molar-refractivity contribution in [1.82, 2.24) is 4.90 Å². The third-order valence-corrected chi connectivity index (χ3v) is 5.10. The number of aldehydes is 1. The highest BCUT2D eigenvalue weighted by Gasteiger charge is 2.26. The van der Waals surface area contributed by atoms with E-state index >= 15 is 0 Å². The van der Waals surface area contributed by atoms with Gasteiger partial charge in [0.15, 0.2) is 5.78 Å². The summed E-state index contributed by atoms with van der Waals surface area (Å²) >= 11 is 0. The molecule has 3 nitrogen and oxygen atoms in total. The molecule has 0 amide bonds. The van der Waals surface area contributed by atoms with Crippen LogP contribution < -0.4 is 0 Å². The maximum absolute atomic E-state index is 12.5. The molecule has 1 heterocycles. The summed E-state index contributed by atoms with van der Waals surface area (Å²) < 4.78 is 0. The van der Waals surface area contributed by atoms with E-state index < -0.39 is 5.92 Å². The maximum atomic E-state index is 12.5. The number of hydrogen-bond donors (Lipinski definition) is 0. The molecule has 1 saturated heterocycles. The van der Waals surface area contributed by atoms with Crippen LogP contribution in [0.2, 0.25) is 0 Å². The number of likely N-dealkylation sites (tertiary alicyclic amines) is 1. The number of Topliss-reactive ketones (excluding diaryl/α,β-unsaturated/α-hetero) is 1. The molecular weight excluding hydrogens is 310 g/mol. The van der Waals surface area contributed by atoms with Gasteiger partial charge in [0.25, 0.3) is 0 Å². The lowest BCUT2D eigenvalue weighted by Gasteiger charge is -2.32. The second kappa shape index (κ2) is 8.72. The molecule has 3 rings (SSSR count). The van der Waals surface area contributed by atoms with Crippen LogP contribution in [0.3, 0.4) is 0 Å². The van der Waals surface area contributed by atoms with Crippen molar-refractivity contribution in [2.24, 2.45) is 11.8 Å². The van der Waals surface area contributed by atoms with Gasteiger partial charge in [0, 0.05) is 12.1 Å². The first-order valence-electron chi connectivity index (χ1n) is 9.07. The highest BCUT2D eigenvalue weighted by Crippen LogP contribution is 2.26. The smallest absolute Gasteiger partial charge is 0.173 e. The third kappa shape index (κ3) is 4.86. The molecule has 0 aliphatic carbocycles. The van der Waals surface area contributed by atoms with Crippen LogP contribution in [-0.4, -0.2) is 30.1 Å². The second-order valence-corrected chi connectivity index (χ2v) is 6.91. The number of carbonyl (C=O) groups excluding carboxylic acids is 2. The summed E-state index contributed by atoms with van der Waals surface area (Å²) in [6.07, 6.45) is 3.63. The first-order valence-corrected chi connectivity index (χ1v) is 9.07. The molecule has 1 fully saturated rings. The van der Waals surface area contributed by atoms with Crippen LogP contribution in [-0.2, 0) is 11.3 Å². The fraction of sp³-hybridized carbons (Fsp3) is 0.364. The SMILES string of the molecule is O=CC(CC1CCN(Cc2ccccc2)CC1)C(=O)c1ccccc1. The van der Waals surface area contributed by atoms with E-state index in [1.165, 1.54) is 5.56 Å². The Morgan fingerprint density at radius 2 is 1.60 bits per heavy atom. The molecule has 1 atom stereocenters. The van der Waals surface area contributed by atoms with Crippen molar-refractivity contribution >= 4 is 12.1 Å². The van der Waals surface area contributed by atoms with Crippen LogP contribution in [0.25, 0.3) is 0 Å². The van der Waals surface area contributed by atoms with E-state index in [2.05, 4.69) is 29.2 Å². The lowest BCUT2D eigenvalue weighted by molar-refractivity contribution is -0.110. The van der Waals surface area contributed by atoms with Crippen molar-refractivity contribution < 1.29 is 9.59 Å². The Morgan fingerprint density at radius 3 is 2.20 bits per heavy atom. The van der Waals surface area contributed by atoms with Gasteiger partial charge in [-0.15, -0.1) is 0 Å². The van der Waals surface area contributed by atoms with Gasteiger partial charge >= 0.3 is 0 Å². The summed E-state index contributed by atoms with van der Waals surface area (Å²) in [5.74, 6) is -0.0923. The van der Waals surface area contributed by atoms with Crippen LogP contribution in [0.5, 0.6) is 0 Å². The van der Waals surface area contributed by atoms with Gasteiger partial charge in [-0.05, 0) is 43.8 Å². The summed E-state index contributed by atoms with van der Waals surface area (Å²) in [7, 11) is 0. The molecular formula is C22H25NO2. The molecule has 0 radical (unpaired) electrons. The maximum Gasteiger partial charge on any atom is 0.173 e. The Hall–Kier alpha value is -2.26. The summed E-state index contributed by atoms with van der Waals surface area (Å²) in [6.45, 7) is 3.04. The van der Waals surface area contributed by atoms with Crippen LogP contribution in [0.15, 0.2) is 60.7 Å². The van der Waals surface area contributed by atoms with Gasteiger partial charge in [-0.25, -0.2) is 0 Å². The first kappa shape index (κ1) is 17.6. The number of nitrogens with zero attached hydrogens (tertiary/aromatic N) is 1. The van der Waals surface area contributed by atoms with E-state index in [0.717, 1.165) is 38.8 Å². The number of rotatable bonds is 7. The van der Waals surface area contributed by atoms with Crippen molar-refractivity contribution in [2.45, 2.75) is 25.8 Å². The van der Waals surface area contributed by atoms with Gasteiger partial charge in [0.1, 0.15) is 6.29 Å². The van der Waals surface area contributed by atoms with E-state index in [0.29, 0.717) is 17.9 Å². The lowest BCUT2D eigenvalue weighted by atomic mass is 9.84. The minimum absolute atomic E-state index is 0.0395. The standard InChI is InChI=1S/C22H25NO2/c24-17-21(22(25)20-9-5-2-6-10-20)15-18-11-13-23(14-12-18)16-19-7-3-1-4-8-19/h1-10,17-18,21H,11-16H2. The highest BCUT2D eigenvalue weighted by atomic mass is 16.1. The van der Waals surface area contributed by atoms with E-state index in [1.807, 2.05) is 24.3 Å². The highest BCUT2D eigenvalue weighted by molar-refractivity contribution is 6.05. The van der Waals surface area contributed by atoms with Gasteiger partial charge in [-0.2, -0.15) is 0 Å². The van der Waals surface area contributed by atoms with Crippen LogP contribution in [0, 0.1) is 11.8 Å². The van der Waals surface area contributed by atoms with Crippen molar-refractivity contribution in [3.8, 4) is 0 Å². The van der Waals surface area contributed by atoms with Crippen molar-refractivity contribution in [1.29, 1.82) is 0 Å². The molecule has 130 valence electrons. The molecule has 25 heavy (non-hydrogen) atoms. The normalized spacial score (nSPS) is 17.1. The fourth-order valence-electron chi connectivity index (χ4n) is 3.62. The second-order valence-electron chi connectivity index (χ2n) is 6.91. The molecule has 0 N–H and O–H groups in total. The van der Waals surface area contributed by atoms with Gasteiger partial charge in [0.05, 0.1) is 5.92 Å². The average Bonchev–Trinajstić information content (AvgIpc) is 2.68. The van der Waals surface area contributed by atoms with Gasteiger partial charge in [-0.1, -0.05) is 60.7 Å². The predicted octanol–water partition coefficient (Wildman–Crippen LogP) is 3.99. The lowest BCUT2D eigenvalue weighted by Crippen LogP contribution is -2.34. The van der Waals surface area contributed by atoms with Gasteiger partial charge < -0.3 is 4.79 Å². The minimum Gasteiger partial charge on any atom is -0.303 e. The Kier molecular flexibility index (Phi) is 6.13. The zero-order chi connectivity index (χ0) is 17.5. The number of hydrogen-bond acceptors (Lipinski definition) is 3. The van der Waals surface area contributed by atoms with Crippen molar-refractivity contribution in [3.05, 3.63) is 71.8 Å². The van der Waals surface area contributed by atoms with E-state index in [9.17, 15) is 9.59 Å². The summed E-state index contributed by atoms with van der Waals surface area (Å²) in [6, 6.07) is 19.7. The summed E-state index contributed by atoms with van der Waals surface area (Å²) in [5.41, 5.74) is 1.98. The fourth-order valence-corrected chi connectivity index (χ4v) is 3.62. The van der Waals surface area contributed by atoms with Crippen molar-refractivity contribution in [2.75, 3.05) is 13.1 Å². The van der Waals surface area contributed by atoms with E-state index in [1.54, 1.807) is 12.1 Å². The molecule has 0 spiro atoms. The number of ketones is 1. The molecule has 2 aromatic rings. The van der Waals surface area contributed by atoms with E-state index in [-0.39, 0.29) is 5.78 Å². The third-order valence-electron chi connectivity index (χ3n) is 5.10. The molecule has 3 heteroatoms. The molecule has 0 aromatic heterocycles. The Labute approximate surface area is 149 Å². The average molecular weight is 335 g/mol. The van der Waals surface area contributed by atoms with E-state index in [4.69, 9.17) is 0 Å². The number of benzene rings is 2. The quantitative estimate of drug-likeness (QED) is 0.436. The Morgan fingerprint density at radius 1 is 1.00 bits per heavy atom. The molecule has 0 bridgehead atoms. The molecule has 1 aliphatic rings. The minimum atomic E-state index is -0.506. The summed E-state index contributed by atoms with van der Waals surface area (Å²) in [4.78, 5) is 26.4. The topological polar surface area (TPSA) is 37.4 Å². The molecule has 1 unspecified atom stereocenters. The largest absolute Gasteiger partial charge is 0.303 e. The van der Waals surface area contributed by atoms with Gasteiger partial charge in [-0.3, -0.25) is 9.69 Å². The monoisotopic (exact) mass is 335 g/mol. The first-order chi connectivity index (χ1) is 12.3. The van der Waals surface area contributed by atoms with Crippen LogP contribution in [0.4, 0.5) is 0 Å². The zero-order valence-corrected chi connectivity index (χ0v) is 14.5. The molecule has 1 aliphatic heterocycles. The van der Waals surface area contributed by atoms with Crippen LogP contribution in [0.1, 0.15) is 35.2 Å². The zero-order valence-electron chi connectivity index (χ0n) is 14.5. The van der Waals surface area contributed by atoms with Crippen LogP contribution >= 0.6 is 0 Å². The molecule has 0 saturated carbocycles. The predicted molar refractivity (Wildman–Crippen MR) is 99.4 cm³/mol. The number of carbonyl (C=O) groups is 2.